The molecule has 3 unspecified atom stereocenters. The van der Waals surface area contributed by atoms with Crippen LogP contribution in [0, 0.1) is 5.92 Å². The first kappa shape index (κ1) is 14.6. The van der Waals surface area contributed by atoms with Crippen LogP contribution in [0.1, 0.15) is 43.6 Å². The highest BCUT2D eigenvalue weighted by molar-refractivity contribution is 5.76. The minimum Gasteiger partial charge on any atom is -0.466 e. The first-order valence-electron chi connectivity index (χ1n) is 7.71. The van der Waals surface area contributed by atoms with Gasteiger partial charge < -0.3 is 19.6 Å². The second kappa shape index (κ2) is 5.81. The molecule has 3 rings (SSSR count). The van der Waals surface area contributed by atoms with Crippen LogP contribution in [0.15, 0.2) is 16.5 Å². The van der Waals surface area contributed by atoms with Gasteiger partial charge in [-0.25, -0.2) is 0 Å². The van der Waals surface area contributed by atoms with Gasteiger partial charge in [0.05, 0.1) is 6.61 Å². The Kier molecular flexibility index (Phi) is 4.04. The predicted molar refractivity (Wildman–Crippen MR) is 76.9 cm³/mol. The maximum atomic E-state index is 11.8. The second-order valence-electron chi connectivity index (χ2n) is 6.43. The maximum absolute atomic E-state index is 11.8. The summed E-state index contributed by atoms with van der Waals surface area (Å²) in [4.78, 5) is 11.8. The topological polar surface area (TPSA) is 71.7 Å². The van der Waals surface area contributed by atoms with Crippen LogP contribution in [0.25, 0.3) is 0 Å². The van der Waals surface area contributed by atoms with Crippen LogP contribution in [-0.4, -0.2) is 36.4 Å². The predicted octanol–water partition coefficient (Wildman–Crippen LogP) is 1.60. The van der Waals surface area contributed by atoms with Crippen molar-refractivity contribution in [2.45, 2.75) is 44.1 Å². The molecule has 2 aliphatic rings. The van der Waals surface area contributed by atoms with E-state index in [2.05, 4.69) is 12.2 Å². The molecule has 3 atom stereocenters. The van der Waals surface area contributed by atoms with Crippen molar-refractivity contribution in [1.82, 2.24) is 5.32 Å². The summed E-state index contributed by atoms with van der Waals surface area (Å²) in [5.41, 5.74) is -0.893. The quantitative estimate of drug-likeness (QED) is 0.836. The van der Waals surface area contributed by atoms with Crippen LogP contribution >= 0.6 is 0 Å². The molecular weight excluding hydrogens is 270 g/mol. The summed E-state index contributed by atoms with van der Waals surface area (Å²) in [5.74, 6) is 3.15. The van der Waals surface area contributed by atoms with Gasteiger partial charge in [-0.05, 0) is 24.5 Å². The first-order chi connectivity index (χ1) is 10.1. The molecule has 116 valence electrons. The smallest absolute Gasteiger partial charge is 0.220 e. The van der Waals surface area contributed by atoms with Crippen molar-refractivity contribution in [1.29, 1.82) is 0 Å². The molecule has 1 aliphatic heterocycles. The monoisotopic (exact) mass is 293 g/mol. The molecule has 2 fully saturated rings. The molecule has 1 amide bonds. The van der Waals surface area contributed by atoms with Crippen LogP contribution in [0.5, 0.6) is 0 Å². The highest BCUT2D eigenvalue weighted by atomic mass is 16.5. The Morgan fingerprint density at radius 3 is 3.00 bits per heavy atom. The molecule has 0 bridgehead atoms. The average Bonchev–Trinajstić information content (AvgIpc) is 2.89. The fourth-order valence-corrected chi connectivity index (χ4v) is 2.77. The lowest BCUT2D eigenvalue weighted by molar-refractivity contribution is -0.122. The van der Waals surface area contributed by atoms with E-state index in [-0.39, 0.29) is 12.5 Å². The number of ether oxygens (including phenoxy) is 1. The van der Waals surface area contributed by atoms with Gasteiger partial charge in [0.2, 0.25) is 5.91 Å². The average molecular weight is 293 g/mol. The van der Waals surface area contributed by atoms with E-state index in [1.54, 1.807) is 0 Å². The number of carbonyl (C=O) groups excluding carboxylic acids is 1. The maximum Gasteiger partial charge on any atom is 0.220 e. The Labute approximate surface area is 124 Å². The van der Waals surface area contributed by atoms with Crippen LogP contribution in [-0.2, 0) is 16.0 Å². The van der Waals surface area contributed by atoms with Crippen molar-refractivity contribution >= 4 is 5.91 Å². The Hall–Kier alpha value is -1.33. The highest BCUT2D eigenvalue weighted by Gasteiger charge is 2.36. The number of rotatable bonds is 6. The number of nitrogens with one attached hydrogen (secondary N) is 1. The minimum atomic E-state index is -0.893. The van der Waals surface area contributed by atoms with Gasteiger partial charge in [0.25, 0.3) is 0 Å². The molecule has 0 spiro atoms. The molecule has 1 aromatic rings. The first-order valence-corrected chi connectivity index (χ1v) is 7.71. The summed E-state index contributed by atoms with van der Waals surface area (Å²) in [7, 11) is 0. The SMILES string of the molecule is CC1CC1c1ccc(CCC(=O)NCC2(O)CCOC2)o1. The standard InChI is InChI=1S/C16H23NO4/c1-11-8-13(11)14-4-2-12(21-14)3-5-15(18)17-9-16(19)6-7-20-10-16/h2,4,11,13,19H,3,5-10H2,1H3,(H,17,18). The molecule has 2 heterocycles. The number of hydrogen-bond donors (Lipinski definition) is 2. The normalized spacial score (nSPS) is 31.3. The molecule has 5 heteroatoms. The number of aliphatic hydroxyl groups is 1. The van der Waals surface area contributed by atoms with E-state index >= 15 is 0 Å². The largest absolute Gasteiger partial charge is 0.466 e. The van der Waals surface area contributed by atoms with E-state index in [1.165, 1.54) is 6.42 Å². The highest BCUT2D eigenvalue weighted by Crippen LogP contribution is 2.47. The number of carbonyl (C=O) groups is 1. The van der Waals surface area contributed by atoms with Gasteiger partial charge in [-0.15, -0.1) is 0 Å². The molecular formula is C16H23NO4. The second-order valence-corrected chi connectivity index (χ2v) is 6.43. The molecule has 1 saturated heterocycles. The number of aryl methyl sites for hydroxylation is 1. The minimum absolute atomic E-state index is 0.0620. The van der Waals surface area contributed by atoms with Gasteiger partial charge in [0.1, 0.15) is 17.1 Å². The van der Waals surface area contributed by atoms with Gasteiger partial charge in [0.15, 0.2) is 0 Å². The lowest BCUT2D eigenvalue weighted by atomic mass is 10.0. The van der Waals surface area contributed by atoms with Gasteiger partial charge in [-0.1, -0.05) is 6.92 Å². The van der Waals surface area contributed by atoms with E-state index in [4.69, 9.17) is 9.15 Å². The molecule has 1 aromatic heterocycles. The molecule has 5 nitrogen and oxygen atoms in total. The Morgan fingerprint density at radius 1 is 1.52 bits per heavy atom. The van der Waals surface area contributed by atoms with Crippen molar-refractivity contribution in [3.05, 3.63) is 23.7 Å². The van der Waals surface area contributed by atoms with Gasteiger partial charge >= 0.3 is 0 Å². The number of furan rings is 1. The third-order valence-electron chi connectivity index (χ3n) is 4.45. The summed E-state index contributed by atoms with van der Waals surface area (Å²) in [5, 5.41) is 12.8. The van der Waals surface area contributed by atoms with Gasteiger partial charge in [0, 0.05) is 38.3 Å². The summed E-state index contributed by atoms with van der Waals surface area (Å²) >= 11 is 0. The Bertz CT molecular complexity index is 504. The lowest BCUT2D eigenvalue weighted by Gasteiger charge is -2.20. The molecule has 2 N–H and O–H groups in total. The number of amides is 1. The fraction of sp³-hybridized carbons (Fsp3) is 0.688. The zero-order chi connectivity index (χ0) is 14.9. The Balaban J connectivity index is 1.40. The summed E-state index contributed by atoms with van der Waals surface area (Å²) in [6.45, 7) is 3.34. The molecule has 1 aliphatic carbocycles. The zero-order valence-electron chi connectivity index (χ0n) is 12.4. The molecule has 21 heavy (non-hydrogen) atoms. The third kappa shape index (κ3) is 3.66. The third-order valence-corrected chi connectivity index (χ3v) is 4.45. The van der Waals surface area contributed by atoms with Crippen LogP contribution < -0.4 is 5.32 Å². The van der Waals surface area contributed by atoms with E-state index in [1.807, 2.05) is 12.1 Å². The van der Waals surface area contributed by atoms with Crippen molar-refractivity contribution in [2.24, 2.45) is 5.92 Å². The number of hydrogen-bond acceptors (Lipinski definition) is 4. The van der Waals surface area contributed by atoms with Crippen molar-refractivity contribution in [3.8, 4) is 0 Å². The molecule has 0 radical (unpaired) electrons. The van der Waals surface area contributed by atoms with E-state index in [9.17, 15) is 9.90 Å². The summed E-state index contributed by atoms with van der Waals surface area (Å²) < 4.78 is 10.9. The van der Waals surface area contributed by atoms with Crippen LogP contribution in [0.2, 0.25) is 0 Å². The summed E-state index contributed by atoms with van der Waals surface area (Å²) in [6.07, 6.45) is 2.76. The Morgan fingerprint density at radius 2 is 2.33 bits per heavy atom. The van der Waals surface area contributed by atoms with Gasteiger partial charge in [-0.3, -0.25) is 4.79 Å². The zero-order valence-corrected chi connectivity index (χ0v) is 12.4. The van der Waals surface area contributed by atoms with Crippen LogP contribution in [0.3, 0.4) is 0 Å². The van der Waals surface area contributed by atoms with Crippen LogP contribution in [0.4, 0.5) is 0 Å². The van der Waals surface area contributed by atoms with Crippen molar-refractivity contribution in [2.75, 3.05) is 19.8 Å². The lowest BCUT2D eigenvalue weighted by Crippen LogP contribution is -2.43. The molecule has 1 saturated carbocycles. The van der Waals surface area contributed by atoms with Crippen molar-refractivity contribution in [3.63, 3.8) is 0 Å². The van der Waals surface area contributed by atoms with E-state index in [0.717, 1.165) is 17.4 Å². The summed E-state index contributed by atoms with van der Waals surface area (Å²) in [6, 6.07) is 3.99. The van der Waals surface area contributed by atoms with E-state index in [0.29, 0.717) is 38.4 Å². The molecule has 0 aromatic carbocycles. The fourth-order valence-electron chi connectivity index (χ4n) is 2.77. The van der Waals surface area contributed by atoms with Crippen molar-refractivity contribution < 1.29 is 19.1 Å². The van der Waals surface area contributed by atoms with E-state index < -0.39 is 5.60 Å². The van der Waals surface area contributed by atoms with Gasteiger partial charge in [-0.2, -0.15) is 0 Å².